The van der Waals surface area contributed by atoms with Gasteiger partial charge in [-0.15, -0.1) is 0 Å². The van der Waals surface area contributed by atoms with Gasteiger partial charge < -0.3 is 9.73 Å². The standard InChI is InChI=1S/C14H11BrN4O5/c15-12-5-4-11(24-12)14(21)17-10(13(20)18-16)7-8-2-1-3-9(6-8)19(22)23/h1-7H,16H2,(H,17,21)(H,18,20). The molecule has 0 bridgehead atoms. The molecule has 2 rings (SSSR count). The second kappa shape index (κ2) is 7.53. The fourth-order valence-electron chi connectivity index (χ4n) is 1.75. The van der Waals surface area contributed by atoms with Crippen LogP contribution in [-0.4, -0.2) is 16.7 Å². The molecule has 1 aromatic heterocycles. The van der Waals surface area contributed by atoms with Crippen LogP contribution >= 0.6 is 15.9 Å². The lowest BCUT2D eigenvalue weighted by Crippen LogP contribution is -2.38. The molecule has 0 unspecified atom stereocenters. The molecule has 0 aliphatic heterocycles. The lowest BCUT2D eigenvalue weighted by Gasteiger charge is -2.07. The molecule has 0 saturated carbocycles. The van der Waals surface area contributed by atoms with Gasteiger partial charge in [-0.2, -0.15) is 0 Å². The first kappa shape index (κ1) is 17.4. The fourth-order valence-corrected chi connectivity index (χ4v) is 2.06. The van der Waals surface area contributed by atoms with Crippen LogP contribution in [0.3, 0.4) is 0 Å². The van der Waals surface area contributed by atoms with E-state index in [-0.39, 0.29) is 17.1 Å². The van der Waals surface area contributed by atoms with Crippen molar-refractivity contribution in [3.05, 3.63) is 68.2 Å². The molecule has 0 radical (unpaired) electrons. The zero-order valence-electron chi connectivity index (χ0n) is 12.0. The number of benzene rings is 1. The van der Waals surface area contributed by atoms with Crippen molar-refractivity contribution >= 4 is 39.5 Å². The fraction of sp³-hybridized carbons (Fsp3) is 0. The number of carbonyl (C=O) groups excluding carboxylic acids is 2. The van der Waals surface area contributed by atoms with E-state index in [0.717, 1.165) is 0 Å². The van der Waals surface area contributed by atoms with Crippen LogP contribution < -0.4 is 16.6 Å². The number of nitrogens with zero attached hydrogens (tertiary/aromatic N) is 1. The normalized spacial score (nSPS) is 11.0. The van der Waals surface area contributed by atoms with Crippen LogP contribution in [-0.2, 0) is 4.79 Å². The van der Waals surface area contributed by atoms with Crippen molar-refractivity contribution in [3.63, 3.8) is 0 Å². The van der Waals surface area contributed by atoms with Crippen LogP contribution in [0.5, 0.6) is 0 Å². The van der Waals surface area contributed by atoms with Crippen molar-refractivity contribution in [1.82, 2.24) is 10.7 Å². The van der Waals surface area contributed by atoms with Crippen molar-refractivity contribution in [1.29, 1.82) is 0 Å². The highest BCUT2D eigenvalue weighted by molar-refractivity contribution is 9.10. The summed E-state index contributed by atoms with van der Waals surface area (Å²) in [6.07, 6.45) is 1.26. The first-order valence-electron chi connectivity index (χ1n) is 6.44. The molecular weight excluding hydrogens is 384 g/mol. The molecule has 2 aromatic rings. The number of amides is 2. The zero-order chi connectivity index (χ0) is 17.7. The minimum absolute atomic E-state index is 0.0309. The molecule has 4 N–H and O–H groups in total. The second-order valence-electron chi connectivity index (χ2n) is 4.44. The number of nitro benzene ring substituents is 1. The summed E-state index contributed by atoms with van der Waals surface area (Å²) in [6, 6.07) is 8.46. The molecule has 0 saturated heterocycles. The average molecular weight is 395 g/mol. The molecule has 9 nitrogen and oxygen atoms in total. The van der Waals surface area contributed by atoms with Crippen LogP contribution in [0.1, 0.15) is 16.1 Å². The number of nitro groups is 1. The maximum absolute atomic E-state index is 12.1. The largest absolute Gasteiger partial charge is 0.444 e. The molecule has 0 spiro atoms. The summed E-state index contributed by atoms with van der Waals surface area (Å²) in [6.45, 7) is 0. The highest BCUT2D eigenvalue weighted by Crippen LogP contribution is 2.17. The third-order valence-electron chi connectivity index (χ3n) is 2.81. The Morgan fingerprint density at radius 2 is 2.04 bits per heavy atom. The van der Waals surface area contributed by atoms with E-state index in [1.807, 2.05) is 5.43 Å². The van der Waals surface area contributed by atoms with Gasteiger partial charge in [0.15, 0.2) is 10.4 Å². The number of non-ortho nitro benzene ring substituents is 1. The van der Waals surface area contributed by atoms with Crippen molar-refractivity contribution in [2.75, 3.05) is 0 Å². The number of carbonyl (C=O) groups is 2. The van der Waals surface area contributed by atoms with Crippen LogP contribution in [0.25, 0.3) is 6.08 Å². The van der Waals surface area contributed by atoms with Crippen LogP contribution in [0.4, 0.5) is 5.69 Å². The summed E-state index contributed by atoms with van der Waals surface area (Å²) in [5.74, 6) is 3.60. The Labute approximate surface area is 143 Å². The van der Waals surface area contributed by atoms with E-state index < -0.39 is 16.7 Å². The van der Waals surface area contributed by atoms with E-state index in [9.17, 15) is 19.7 Å². The third-order valence-corrected chi connectivity index (χ3v) is 3.24. The Hall–Kier alpha value is -2.98. The summed E-state index contributed by atoms with van der Waals surface area (Å²) in [5, 5.41) is 13.1. The number of halogens is 1. The van der Waals surface area contributed by atoms with Gasteiger partial charge in [-0.1, -0.05) is 12.1 Å². The molecule has 0 fully saturated rings. The summed E-state index contributed by atoms with van der Waals surface area (Å²) in [7, 11) is 0. The molecule has 124 valence electrons. The minimum Gasteiger partial charge on any atom is -0.444 e. The van der Waals surface area contributed by atoms with E-state index >= 15 is 0 Å². The van der Waals surface area contributed by atoms with Crippen molar-refractivity contribution in [2.45, 2.75) is 0 Å². The molecule has 1 aromatic carbocycles. The molecule has 2 amide bonds. The topological polar surface area (TPSA) is 140 Å². The maximum atomic E-state index is 12.1. The molecule has 1 heterocycles. The maximum Gasteiger partial charge on any atom is 0.291 e. The van der Waals surface area contributed by atoms with Crippen molar-refractivity contribution < 1.29 is 18.9 Å². The monoisotopic (exact) mass is 394 g/mol. The smallest absolute Gasteiger partial charge is 0.291 e. The van der Waals surface area contributed by atoms with Gasteiger partial charge in [0.1, 0.15) is 5.70 Å². The summed E-state index contributed by atoms with van der Waals surface area (Å²) >= 11 is 3.06. The van der Waals surface area contributed by atoms with E-state index in [4.69, 9.17) is 10.3 Å². The highest BCUT2D eigenvalue weighted by atomic mass is 79.9. The molecule has 10 heteroatoms. The number of furan rings is 1. The Kier molecular flexibility index (Phi) is 5.45. The van der Waals surface area contributed by atoms with Gasteiger partial charge in [0.25, 0.3) is 17.5 Å². The van der Waals surface area contributed by atoms with Gasteiger partial charge in [-0.3, -0.25) is 25.1 Å². The van der Waals surface area contributed by atoms with Crippen LogP contribution in [0, 0.1) is 10.1 Å². The second-order valence-corrected chi connectivity index (χ2v) is 5.22. The predicted octanol–water partition coefficient (Wildman–Crippen LogP) is 1.71. The molecule has 0 aliphatic carbocycles. The van der Waals surface area contributed by atoms with Crippen LogP contribution in [0.2, 0.25) is 0 Å². The number of hydrogen-bond donors (Lipinski definition) is 3. The van der Waals surface area contributed by atoms with Crippen molar-refractivity contribution in [3.8, 4) is 0 Å². The zero-order valence-corrected chi connectivity index (χ0v) is 13.6. The Morgan fingerprint density at radius 3 is 2.62 bits per heavy atom. The van der Waals surface area contributed by atoms with Gasteiger partial charge in [0.2, 0.25) is 0 Å². The summed E-state index contributed by atoms with van der Waals surface area (Å²) in [5.41, 5.74) is 1.87. The first-order valence-corrected chi connectivity index (χ1v) is 7.24. The Morgan fingerprint density at radius 1 is 1.29 bits per heavy atom. The summed E-state index contributed by atoms with van der Waals surface area (Å²) in [4.78, 5) is 34.1. The lowest BCUT2D eigenvalue weighted by atomic mass is 10.1. The Balaban J connectivity index is 2.31. The lowest BCUT2D eigenvalue weighted by molar-refractivity contribution is -0.384. The first-order chi connectivity index (χ1) is 11.4. The predicted molar refractivity (Wildman–Crippen MR) is 87.3 cm³/mol. The average Bonchev–Trinajstić information content (AvgIpc) is 3.00. The molecule has 0 atom stereocenters. The SMILES string of the molecule is NNC(=O)C(=Cc1cccc([N+](=O)[O-])c1)NC(=O)c1ccc(Br)o1. The van der Waals surface area contributed by atoms with Gasteiger partial charge in [0, 0.05) is 12.1 Å². The van der Waals surface area contributed by atoms with Gasteiger partial charge >= 0.3 is 0 Å². The number of hydrazine groups is 1. The quantitative estimate of drug-likeness (QED) is 0.231. The number of hydrogen-bond acceptors (Lipinski definition) is 6. The minimum atomic E-state index is -0.777. The van der Waals surface area contributed by atoms with Gasteiger partial charge in [-0.25, -0.2) is 5.84 Å². The van der Waals surface area contributed by atoms with E-state index in [0.29, 0.717) is 10.2 Å². The number of rotatable bonds is 5. The van der Waals surface area contributed by atoms with Gasteiger partial charge in [0.05, 0.1) is 4.92 Å². The van der Waals surface area contributed by atoms with Crippen molar-refractivity contribution in [2.24, 2.45) is 5.84 Å². The van der Waals surface area contributed by atoms with Crippen LogP contribution in [0.15, 0.2) is 51.2 Å². The van der Waals surface area contributed by atoms with E-state index in [1.165, 1.54) is 42.5 Å². The van der Waals surface area contributed by atoms with E-state index in [2.05, 4.69) is 21.2 Å². The third kappa shape index (κ3) is 4.27. The van der Waals surface area contributed by atoms with E-state index in [1.54, 1.807) is 0 Å². The Bertz CT molecular complexity index is 830. The molecule has 0 aliphatic rings. The molecular formula is C14H11BrN4O5. The molecule has 24 heavy (non-hydrogen) atoms. The number of nitrogens with two attached hydrogens (primary N) is 1. The van der Waals surface area contributed by atoms with Gasteiger partial charge in [-0.05, 0) is 39.7 Å². The number of nitrogens with one attached hydrogen (secondary N) is 2. The highest BCUT2D eigenvalue weighted by Gasteiger charge is 2.17. The summed E-state index contributed by atoms with van der Waals surface area (Å²) < 4.78 is 5.43.